The van der Waals surface area contributed by atoms with Crippen molar-refractivity contribution in [2.24, 2.45) is 0 Å². The van der Waals surface area contributed by atoms with Gasteiger partial charge in [0.2, 0.25) is 0 Å². The molecule has 0 aliphatic heterocycles. The Hall–Kier alpha value is -5.84. The molecule has 0 aliphatic carbocycles. The van der Waals surface area contributed by atoms with E-state index in [0.717, 1.165) is 38.5 Å². The number of furan rings is 1. The normalized spacial score (nSPS) is 12.3. The molecule has 0 bridgehead atoms. The Morgan fingerprint density at radius 3 is 2.02 bits per heavy atom. The molecule has 0 aliphatic rings. The van der Waals surface area contributed by atoms with Crippen molar-refractivity contribution in [2.75, 3.05) is 0 Å². The summed E-state index contributed by atoms with van der Waals surface area (Å²) in [6.45, 7) is 0. The highest BCUT2D eigenvalue weighted by Gasteiger charge is 2.24. The second-order valence-corrected chi connectivity index (χ2v) is 13.1. The minimum Gasteiger partial charge on any atom is -0.455 e. The van der Waals surface area contributed by atoms with Gasteiger partial charge in [-0.1, -0.05) is 84.9 Å². The van der Waals surface area contributed by atoms with E-state index in [0.29, 0.717) is 0 Å². The fraction of sp³-hybridized carbons (Fsp3) is 0. The third-order valence-electron chi connectivity index (χ3n) is 9.71. The Kier molecular flexibility index (Phi) is 4.72. The average Bonchev–Trinajstić information content (AvgIpc) is 3.86. The molecular weight excluding hydrogens is 581 g/mol. The lowest BCUT2D eigenvalue weighted by atomic mass is 10.1. The van der Waals surface area contributed by atoms with Crippen molar-refractivity contribution in [1.29, 1.82) is 0 Å². The summed E-state index contributed by atoms with van der Waals surface area (Å²) in [6.07, 6.45) is 0. The molecule has 0 amide bonds. The number of nitrogens with zero attached hydrogens (tertiary/aromatic N) is 2. The number of fused-ring (bicyclic) bond motifs is 14. The summed E-state index contributed by atoms with van der Waals surface area (Å²) in [4.78, 5) is 0. The van der Waals surface area contributed by atoms with E-state index in [1.165, 1.54) is 58.6 Å². The molecule has 0 unspecified atom stereocenters. The fourth-order valence-electron chi connectivity index (χ4n) is 7.83. The maximum atomic E-state index is 6.66. The molecule has 11 rings (SSSR count). The van der Waals surface area contributed by atoms with Crippen LogP contribution in [-0.4, -0.2) is 9.13 Å². The van der Waals surface area contributed by atoms with Crippen LogP contribution in [-0.2, 0) is 0 Å². The van der Waals surface area contributed by atoms with Crippen LogP contribution in [0.15, 0.2) is 150 Å². The Morgan fingerprint density at radius 2 is 1.13 bits per heavy atom. The van der Waals surface area contributed by atoms with E-state index in [4.69, 9.17) is 4.42 Å². The summed E-state index contributed by atoms with van der Waals surface area (Å²) in [5.41, 5.74) is 8.94. The topological polar surface area (TPSA) is 23.0 Å². The van der Waals surface area contributed by atoms with Crippen molar-refractivity contribution in [2.45, 2.75) is 0 Å². The number of hydrogen-bond acceptors (Lipinski definition) is 2. The van der Waals surface area contributed by atoms with Gasteiger partial charge in [-0.05, 0) is 60.7 Å². The number of hydrogen-bond donors (Lipinski definition) is 0. The van der Waals surface area contributed by atoms with Crippen molar-refractivity contribution in [3.63, 3.8) is 0 Å². The Bertz CT molecular complexity index is 3030. The maximum absolute atomic E-state index is 6.66. The molecule has 4 heterocycles. The van der Waals surface area contributed by atoms with E-state index in [1.807, 2.05) is 17.4 Å². The summed E-state index contributed by atoms with van der Waals surface area (Å²) in [7, 11) is 0. The molecule has 0 spiro atoms. The van der Waals surface area contributed by atoms with E-state index < -0.39 is 0 Å². The van der Waals surface area contributed by atoms with Gasteiger partial charge in [0.05, 0.1) is 37.8 Å². The summed E-state index contributed by atoms with van der Waals surface area (Å²) >= 11 is 1.88. The standard InChI is InChI=1S/C42H24N2OS/c1-2-11-25(12-3-1)43-34-23-21-28-26-13-5-8-19-36(26)45-41(28)39(34)31-22-24-33-38(40(31)43)30-15-4-7-17-32(30)44(33)35-18-10-16-29-27-14-6-9-20-37(27)46-42(29)35/h1-24H. The molecule has 4 heteroatoms. The second kappa shape index (κ2) is 8.87. The van der Waals surface area contributed by atoms with Gasteiger partial charge >= 0.3 is 0 Å². The third kappa shape index (κ3) is 3.06. The van der Waals surface area contributed by atoms with Gasteiger partial charge in [0.15, 0.2) is 0 Å². The van der Waals surface area contributed by atoms with Crippen molar-refractivity contribution in [3.05, 3.63) is 146 Å². The van der Waals surface area contributed by atoms with Gasteiger partial charge < -0.3 is 13.6 Å². The van der Waals surface area contributed by atoms with Crippen molar-refractivity contribution in [3.8, 4) is 11.4 Å². The van der Waals surface area contributed by atoms with E-state index in [9.17, 15) is 0 Å². The lowest BCUT2D eigenvalue weighted by Crippen LogP contribution is -1.95. The lowest BCUT2D eigenvalue weighted by Gasteiger charge is -2.10. The Balaban J connectivity index is 1.37. The first-order chi connectivity index (χ1) is 22.8. The van der Waals surface area contributed by atoms with E-state index in [2.05, 4.69) is 149 Å². The average molecular weight is 605 g/mol. The molecule has 0 fully saturated rings. The van der Waals surface area contributed by atoms with Crippen LogP contribution in [0.1, 0.15) is 0 Å². The molecule has 11 aromatic rings. The monoisotopic (exact) mass is 604 g/mol. The molecule has 3 nitrogen and oxygen atoms in total. The predicted molar refractivity (Wildman–Crippen MR) is 195 cm³/mol. The molecule has 0 saturated heterocycles. The van der Waals surface area contributed by atoms with Gasteiger partial charge in [0, 0.05) is 48.1 Å². The second-order valence-electron chi connectivity index (χ2n) is 12.1. The van der Waals surface area contributed by atoms with Gasteiger partial charge in [0.1, 0.15) is 11.2 Å². The number of benzene rings is 7. The predicted octanol–water partition coefficient (Wildman–Crippen LogP) is 12.1. The summed E-state index contributed by atoms with van der Waals surface area (Å²) in [5.74, 6) is 0. The summed E-state index contributed by atoms with van der Waals surface area (Å²) < 4.78 is 14.2. The number of aromatic nitrogens is 2. The number of para-hydroxylation sites is 3. The first kappa shape index (κ1) is 24.5. The number of rotatable bonds is 2. The lowest BCUT2D eigenvalue weighted by molar-refractivity contribution is 0.673. The molecule has 0 radical (unpaired) electrons. The highest BCUT2D eigenvalue weighted by Crippen LogP contribution is 2.46. The van der Waals surface area contributed by atoms with Gasteiger partial charge in [-0.2, -0.15) is 0 Å². The quantitative estimate of drug-likeness (QED) is 0.192. The van der Waals surface area contributed by atoms with Crippen LogP contribution in [0.2, 0.25) is 0 Å². The molecule has 7 aromatic carbocycles. The fourth-order valence-corrected chi connectivity index (χ4v) is 9.04. The first-order valence-electron chi connectivity index (χ1n) is 15.6. The van der Waals surface area contributed by atoms with Crippen molar-refractivity contribution in [1.82, 2.24) is 9.13 Å². The zero-order valence-corrected chi connectivity index (χ0v) is 25.4. The molecule has 0 N–H and O–H groups in total. The number of thiophene rings is 1. The Labute approximate surface area is 266 Å². The zero-order valence-electron chi connectivity index (χ0n) is 24.6. The summed E-state index contributed by atoms with van der Waals surface area (Å²) in [5, 5.41) is 9.74. The van der Waals surface area contributed by atoms with Crippen LogP contribution in [0.5, 0.6) is 0 Å². The summed E-state index contributed by atoms with van der Waals surface area (Å²) in [6, 6.07) is 52.6. The highest BCUT2D eigenvalue weighted by atomic mass is 32.1. The van der Waals surface area contributed by atoms with Gasteiger partial charge in [-0.15, -0.1) is 11.3 Å². The maximum Gasteiger partial charge on any atom is 0.145 e. The SMILES string of the molecule is c1ccc(-n2c3ccc4c5ccccc5oc4c3c3ccc4c(c5ccccc5n4-c4cccc5c4sc4ccccc45)c32)cc1. The van der Waals surface area contributed by atoms with Crippen molar-refractivity contribution < 1.29 is 4.42 Å². The van der Waals surface area contributed by atoms with Crippen molar-refractivity contribution >= 4 is 97.1 Å². The minimum absolute atomic E-state index is 0.916. The van der Waals surface area contributed by atoms with Gasteiger partial charge in [0.25, 0.3) is 0 Å². The smallest absolute Gasteiger partial charge is 0.145 e. The van der Waals surface area contributed by atoms with E-state index >= 15 is 0 Å². The molecule has 214 valence electrons. The van der Waals surface area contributed by atoms with Gasteiger partial charge in [-0.25, -0.2) is 0 Å². The largest absolute Gasteiger partial charge is 0.455 e. The van der Waals surface area contributed by atoms with Crippen LogP contribution in [0.25, 0.3) is 97.1 Å². The highest BCUT2D eigenvalue weighted by molar-refractivity contribution is 7.26. The molecule has 46 heavy (non-hydrogen) atoms. The van der Waals surface area contributed by atoms with Crippen LogP contribution >= 0.6 is 11.3 Å². The first-order valence-corrected chi connectivity index (χ1v) is 16.4. The van der Waals surface area contributed by atoms with Crippen LogP contribution in [0.3, 0.4) is 0 Å². The van der Waals surface area contributed by atoms with Crippen LogP contribution in [0.4, 0.5) is 0 Å². The molecule has 0 saturated carbocycles. The molecular formula is C42H24N2OS. The van der Waals surface area contributed by atoms with Gasteiger partial charge in [-0.3, -0.25) is 0 Å². The van der Waals surface area contributed by atoms with Crippen LogP contribution < -0.4 is 0 Å². The molecule has 0 atom stereocenters. The zero-order chi connectivity index (χ0) is 29.9. The molecule has 4 aromatic heterocycles. The Morgan fingerprint density at radius 1 is 0.435 bits per heavy atom. The third-order valence-corrected chi connectivity index (χ3v) is 10.9. The van der Waals surface area contributed by atoms with E-state index in [-0.39, 0.29) is 0 Å². The van der Waals surface area contributed by atoms with Crippen LogP contribution in [0, 0.1) is 0 Å². The van der Waals surface area contributed by atoms with E-state index in [1.54, 1.807) is 0 Å². The minimum atomic E-state index is 0.916.